The Bertz CT molecular complexity index is 853. The number of hydrogen-bond donors (Lipinski definition) is 0. The first-order chi connectivity index (χ1) is 11.2. The summed E-state index contributed by atoms with van der Waals surface area (Å²) >= 11 is 0. The van der Waals surface area contributed by atoms with Gasteiger partial charge in [-0.15, -0.1) is 0 Å². The standard InChI is InChI=1S/C20H15BN2/c1-3-17-18(4-2)22-20(21)23-19(17)16-12-10-15(11-13-16)14-8-6-5-7-9-14/h3-13H,1-2H2. The van der Waals surface area contributed by atoms with Gasteiger partial charge in [-0.1, -0.05) is 73.8 Å². The lowest BCUT2D eigenvalue weighted by atomic mass is 9.98. The van der Waals surface area contributed by atoms with Crippen LogP contribution in [0.1, 0.15) is 11.3 Å². The molecule has 3 heteroatoms. The SMILES string of the molecule is [B]c1nc(C=C)c(C=C)c(-c2ccc(-c3ccccc3)cc2)n1. The van der Waals surface area contributed by atoms with Crippen molar-refractivity contribution in [3.63, 3.8) is 0 Å². The van der Waals surface area contributed by atoms with Crippen molar-refractivity contribution in [2.24, 2.45) is 0 Å². The van der Waals surface area contributed by atoms with E-state index in [0.29, 0.717) is 5.69 Å². The topological polar surface area (TPSA) is 25.8 Å². The molecule has 1 heterocycles. The number of hydrogen-bond acceptors (Lipinski definition) is 2. The molecule has 1 aromatic heterocycles. The zero-order valence-corrected chi connectivity index (χ0v) is 12.7. The molecule has 2 nitrogen and oxygen atoms in total. The predicted molar refractivity (Wildman–Crippen MR) is 98.5 cm³/mol. The van der Waals surface area contributed by atoms with E-state index < -0.39 is 0 Å². The number of nitrogens with zero attached hydrogens (tertiary/aromatic N) is 2. The molecular formula is C20H15BN2. The molecule has 23 heavy (non-hydrogen) atoms. The van der Waals surface area contributed by atoms with Gasteiger partial charge in [0.2, 0.25) is 0 Å². The van der Waals surface area contributed by atoms with Gasteiger partial charge in [-0.2, -0.15) is 0 Å². The second-order valence-electron chi connectivity index (χ2n) is 5.08. The van der Waals surface area contributed by atoms with Gasteiger partial charge in [0.05, 0.1) is 17.1 Å². The summed E-state index contributed by atoms with van der Waals surface area (Å²) < 4.78 is 0. The summed E-state index contributed by atoms with van der Waals surface area (Å²) in [4.78, 5) is 8.56. The van der Waals surface area contributed by atoms with Crippen molar-refractivity contribution in [2.45, 2.75) is 0 Å². The van der Waals surface area contributed by atoms with Crippen LogP contribution in [0.25, 0.3) is 34.5 Å². The Morgan fingerprint density at radius 1 is 0.739 bits per heavy atom. The minimum Gasteiger partial charge on any atom is -0.245 e. The predicted octanol–water partition coefficient (Wildman–Crippen LogP) is 3.89. The van der Waals surface area contributed by atoms with E-state index in [1.165, 1.54) is 5.56 Å². The van der Waals surface area contributed by atoms with Crippen LogP contribution in [0, 0.1) is 0 Å². The summed E-state index contributed by atoms with van der Waals surface area (Å²) in [5.74, 6) is 0. The molecule has 0 aliphatic heterocycles. The molecule has 0 atom stereocenters. The Balaban J connectivity index is 2.08. The minimum atomic E-state index is 0.229. The maximum Gasteiger partial charge on any atom is 0.170 e. The van der Waals surface area contributed by atoms with Crippen LogP contribution in [0.3, 0.4) is 0 Å². The Morgan fingerprint density at radius 3 is 1.96 bits per heavy atom. The molecule has 0 aliphatic rings. The van der Waals surface area contributed by atoms with Crippen LogP contribution in [0.4, 0.5) is 0 Å². The lowest BCUT2D eigenvalue weighted by Crippen LogP contribution is -2.16. The monoisotopic (exact) mass is 294 g/mol. The van der Waals surface area contributed by atoms with Crippen molar-refractivity contribution in [1.82, 2.24) is 9.97 Å². The molecule has 0 fully saturated rings. The Hall–Kier alpha value is -2.94. The van der Waals surface area contributed by atoms with Crippen LogP contribution < -0.4 is 5.72 Å². The highest BCUT2D eigenvalue weighted by molar-refractivity contribution is 6.29. The van der Waals surface area contributed by atoms with Gasteiger partial charge in [-0.3, -0.25) is 0 Å². The summed E-state index contributed by atoms with van der Waals surface area (Å²) in [5, 5.41) is 0. The van der Waals surface area contributed by atoms with Gasteiger partial charge in [-0.05, 0) is 17.2 Å². The molecule has 0 aliphatic carbocycles. The summed E-state index contributed by atoms with van der Waals surface area (Å²) in [7, 11) is 5.81. The van der Waals surface area contributed by atoms with Gasteiger partial charge in [-0.25, -0.2) is 9.97 Å². The Kier molecular flexibility index (Phi) is 4.20. The largest absolute Gasteiger partial charge is 0.245 e. The summed E-state index contributed by atoms with van der Waals surface area (Å²) in [5.41, 5.74) is 5.82. The zero-order chi connectivity index (χ0) is 16.2. The molecule has 0 amide bonds. The van der Waals surface area contributed by atoms with Crippen LogP contribution in [0.15, 0.2) is 67.8 Å². The molecule has 0 saturated carbocycles. The first kappa shape index (κ1) is 15.0. The van der Waals surface area contributed by atoms with E-state index >= 15 is 0 Å². The average Bonchev–Trinajstić information content (AvgIpc) is 2.61. The second kappa shape index (κ2) is 6.45. The lowest BCUT2D eigenvalue weighted by Gasteiger charge is -2.11. The minimum absolute atomic E-state index is 0.229. The quantitative estimate of drug-likeness (QED) is 0.682. The van der Waals surface area contributed by atoms with E-state index in [2.05, 4.69) is 47.4 Å². The maximum atomic E-state index is 5.81. The van der Waals surface area contributed by atoms with Gasteiger partial charge in [0.1, 0.15) is 0 Å². The van der Waals surface area contributed by atoms with E-state index in [0.717, 1.165) is 22.4 Å². The van der Waals surface area contributed by atoms with Crippen molar-refractivity contribution in [3.05, 3.63) is 79.0 Å². The first-order valence-electron chi connectivity index (χ1n) is 7.31. The van der Waals surface area contributed by atoms with Crippen LogP contribution in [-0.2, 0) is 0 Å². The summed E-state index contributed by atoms with van der Waals surface area (Å²) in [6.45, 7) is 7.63. The van der Waals surface area contributed by atoms with Crippen LogP contribution >= 0.6 is 0 Å². The molecule has 108 valence electrons. The van der Waals surface area contributed by atoms with Crippen molar-refractivity contribution in [2.75, 3.05) is 0 Å². The highest BCUT2D eigenvalue weighted by atomic mass is 14.9. The molecule has 0 bridgehead atoms. The average molecular weight is 294 g/mol. The first-order valence-corrected chi connectivity index (χ1v) is 7.31. The highest BCUT2D eigenvalue weighted by Crippen LogP contribution is 2.27. The van der Waals surface area contributed by atoms with Crippen LogP contribution in [0.2, 0.25) is 0 Å². The molecule has 0 spiro atoms. The fourth-order valence-corrected chi connectivity index (χ4v) is 2.53. The van der Waals surface area contributed by atoms with E-state index in [1.807, 2.05) is 30.3 Å². The van der Waals surface area contributed by atoms with Crippen LogP contribution in [0.5, 0.6) is 0 Å². The fourth-order valence-electron chi connectivity index (χ4n) is 2.53. The van der Waals surface area contributed by atoms with Gasteiger partial charge in [0.25, 0.3) is 0 Å². The highest BCUT2D eigenvalue weighted by Gasteiger charge is 2.10. The lowest BCUT2D eigenvalue weighted by molar-refractivity contribution is 1.21. The molecule has 0 N–H and O–H groups in total. The third-order valence-corrected chi connectivity index (χ3v) is 3.66. The Morgan fingerprint density at radius 2 is 1.35 bits per heavy atom. The normalized spacial score (nSPS) is 10.3. The third-order valence-electron chi connectivity index (χ3n) is 3.66. The van der Waals surface area contributed by atoms with E-state index in [1.54, 1.807) is 12.2 Å². The van der Waals surface area contributed by atoms with Gasteiger partial charge < -0.3 is 0 Å². The zero-order valence-electron chi connectivity index (χ0n) is 12.7. The molecule has 0 saturated heterocycles. The maximum absolute atomic E-state index is 5.81. The summed E-state index contributed by atoms with van der Waals surface area (Å²) in [6, 6.07) is 18.4. The van der Waals surface area contributed by atoms with Gasteiger partial charge in [0.15, 0.2) is 7.85 Å². The fraction of sp³-hybridized carbons (Fsp3) is 0. The molecule has 0 unspecified atom stereocenters. The second-order valence-corrected chi connectivity index (χ2v) is 5.08. The number of rotatable bonds is 4. The van der Waals surface area contributed by atoms with Crippen molar-refractivity contribution >= 4 is 25.7 Å². The van der Waals surface area contributed by atoms with Gasteiger partial charge in [0, 0.05) is 11.1 Å². The molecule has 2 radical (unpaired) electrons. The molecule has 3 aromatic rings. The third kappa shape index (κ3) is 2.99. The van der Waals surface area contributed by atoms with E-state index in [9.17, 15) is 0 Å². The molecule has 3 rings (SSSR count). The van der Waals surface area contributed by atoms with Crippen LogP contribution in [-0.4, -0.2) is 17.8 Å². The van der Waals surface area contributed by atoms with Gasteiger partial charge >= 0.3 is 0 Å². The van der Waals surface area contributed by atoms with Crippen molar-refractivity contribution in [1.29, 1.82) is 0 Å². The molecule has 2 aromatic carbocycles. The summed E-state index contributed by atoms with van der Waals surface area (Å²) in [6.07, 6.45) is 3.40. The van der Waals surface area contributed by atoms with Crippen molar-refractivity contribution < 1.29 is 0 Å². The Labute approximate surface area is 137 Å². The molecular weight excluding hydrogens is 279 g/mol. The van der Waals surface area contributed by atoms with Crippen molar-refractivity contribution in [3.8, 4) is 22.4 Å². The van der Waals surface area contributed by atoms with E-state index in [4.69, 9.17) is 7.85 Å². The van der Waals surface area contributed by atoms with E-state index in [-0.39, 0.29) is 5.72 Å². The number of benzene rings is 2. The smallest absolute Gasteiger partial charge is 0.170 e. The number of aromatic nitrogens is 2.